The van der Waals surface area contributed by atoms with E-state index in [-0.39, 0.29) is 0 Å². The van der Waals surface area contributed by atoms with E-state index < -0.39 is 0 Å². The number of nitrogens with zero attached hydrogens (tertiary/aromatic N) is 3. The molecule has 0 atom stereocenters. The van der Waals surface area contributed by atoms with Gasteiger partial charge in [0.15, 0.2) is 11.5 Å². The molecular weight excluding hydrogens is 366 g/mol. The third-order valence-corrected chi connectivity index (χ3v) is 5.54. The Morgan fingerprint density at radius 1 is 0.828 bits per heavy atom. The topological polar surface area (TPSA) is 47.1 Å². The standard InChI is InChI=1S/C23H27N3O3/c1-27-21-7-5-4-6-20(21)26-10-8-25(9-11-26)16-18-15-24-14-17-12-22(28-2)23(29-3)13-19(17)18/h4-7,12-15H,8-11,16H2,1-3H3. The molecular formula is C23H27N3O3. The zero-order valence-electron chi connectivity index (χ0n) is 17.2. The number of fused-ring (bicyclic) bond motifs is 1. The number of hydrogen-bond acceptors (Lipinski definition) is 6. The van der Waals surface area contributed by atoms with Crippen LogP contribution in [0, 0.1) is 0 Å². The lowest BCUT2D eigenvalue weighted by molar-refractivity contribution is 0.249. The van der Waals surface area contributed by atoms with Crippen LogP contribution in [0.15, 0.2) is 48.8 Å². The van der Waals surface area contributed by atoms with Crippen LogP contribution >= 0.6 is 0 Å². The van der Waals surface area contributed by atoms with Crippen LogP contribution in [-0.4, -0.2) is 57.4 Å². The van der Waals surface area contributed by atoms with Gasteiger partial charge in [-0.25, -0.2) is 0 Å². The summed E-state index contributed by atoms with van der Waals surface area (Å²) in [5.74, 6) is 2.40. The molecule has 2 aromatic carbocycles. The second-order valence-electron chi connectivity index (χ2n) is 7.16. The minimum absolute atomic E-state index is 0.726. The van der Waals surface area contributed by atoms with Crippen molar-refractivity contribution >= 4 is 16.5 Å². The Morgan fingerprint density at radius 2 is 1.52 bits per heavy atom. The van der Waals surface area contributed by atoms with E-state index in [0.717, 1.165) is 60.7 Å². The van der Waals surface area contributed by atoms with Gasteiger partial charge >= 0.3 is 0 Å². The van der Waals surface area contributed by atoms with Crippen LogP contribution in [0.2, 0.25) is 0 Å². The molecule has 1 aromatic heterocycles. The highest BCUT2D eigenvalue weighted by atomic mass is 16.5. The Morgan fingerprint density at radius 3 is 2.24 bits per heavy atom. The number of methoxy groups -OCH3 is 3. The molecule has 6 nitrogen and oxygen atoms in total. The quantitative estimate of drug-likeness (QED) is 0.638. The van der Waals surface area contributed by atoms with Gasteiger partial charge in [0, 0.05) is 50.5 Å². The van der Waals surface area contributed by atoms with Gasteiger partial charge in [0.05, 0.1) is 27.0 Å². The molecule has 0 aliphatic carbocycles. The average molecular weight is 393 g/mol. The predicted octanol–water partition coefficient (Wildman–Crippen LogP) is 3.58. The number of hydrogen-bond donors (Lipinski definition) is 0. The third kappa shape index (κ3) is 3.93. The summed E-state index contributed by atoms with van der Waals surface area (Å²) in [6.45, 7) is 4.77. The van der Waals surface area contributed by atoms with Crippen LogP contribution in [0.5, 0.6) is 17.2 Å². The van der Waals surface area contributed by atoms with Crippen LogP contribution in [-0.2, 0) is 6.54 Å². The Balaban J connectivity index is 1.50. The van der Waals surface area contributed by atoms with E-state index in [0.29, 0.717) is 0 Å². The van der Waals surface area contributed by atoms with E-state index in [9.17, 15) is 0 Å². The summed E-state index contributed by atoms with van der Waals surface area (Å²) in [6.07, 6.45) is 3.83. The molecule has 152 valence electrons. The SMILES string of the molecule is COc1cc2cncc(CN3CCN(c4ccccc4OC)CC3)c2cc1OC. The fourth-order valence-electron chi connectivity index (χ4n) is 3.96. The van der Waals surface area contributed by atoms with Gasteiger partial charge in [0.25, 0.3) is 0 Å². The zero-order chi connectivity index (χ0) is 20.2. The molecule has 0 spiro atoms. The maximum atomic E-state index is 5.52. The van der Waals surface area contributed by atoms with E-state index in [4.69, 9.17) is 14.2 Å². The second kappa shape index (κ2) is 8.57. The summed E-state index contributed by atoms with van der Waals surface area (Å²) < 4.78 is 16.4. The summed E-state index contributed by atoms with van der Waals surface area (Å²) >= 11 is 0. The van der Waals surface area contributed by atoms with Crippen molar-refractivity contribution in [3.63, 3.8) is 0 Å². The van der Waals surface area contributed by atoms with Crippen molar-refractivity contribution in [2.24, 2.45) is 0 Å². The predicted molar refractivity (Wildman–Crippen MR) is 115 cm³/mol. The first-order chi connectivity index (χ1) is 14.2. The maximum Gasteiger partial charge on any atom is 0.161 e. The Bertz CT molecular complexity index is 984. The van der Waals surface area contributed by atoms with E-state index in [1.54, 1.807) is 21.3 Å². The summed E-state index contributed by atoms with van der Waals surface area (Å²) in [4.78, 5) is 9.31. The molecule has 4 rings (SSSR count). The number of anilines is 1. The second-order valence-corrected chi connectivity index (χ2v) is 7.16. The van der Waals surface area contributed by atoms with Crippen LogP contribution in [0.25, 0.3) is 10.8 Å². The van der Waals surface area contributed by atoms with E-state index in [1.165, 1.54) is 11.3 Å². The van der Waals surface area contributed by atoms with Crippen molar-refractivity contribution in [1.82, 2.24) is 9.88 Å². The maximum absolute atomic E-state index is 5.52. The number of piperazine rings is 1. The fourth-order valence-corrected chi connectivity index (χ4v) is 3.96. The lowest BCUT2D eigenvalue weighted by Crippen LogP contribution is -2.46. The third-order valence-electron chi connectivity index (χ3n) is 5.54. The van der Waals surface area contributed by atoms with Crippen molar-refractivity contribution in [3.8, 4) is 17.2 Å². The van der Waals surface area contributed by atoms with Gasteiger partial charge in [-0.3, -0.25) is 9.88 Å². The molecule has 0 N–H and O–H groups in total. The van der Waals surface area contributed by atoms with Crippen molar-refractivity contribution in [3.05, 3.63) is 54.4 Å². The highest BCUT2D eigenvalue weighted by molar-refractivity contribution is 5.88. The molecule has 3 aromatic rings. The average Bonchev–Trinajstić information content (AvgIpc) is 2.79. The molecule has 0 amide bonds. The molecule has 1 saturated heterocycles. The lowest BCUT2D eigenvalue weighted by Gasteiger charge is -2.36. The Hall–Kier alpha value is -2.99. The highest BCUT2D eigenvalue weighted by Gasteiger charge is 2.20. The molecule has 0 radical (unpaired) electrons. The first-order valence-electron chi connectivity index (χ1n) is 9.82. The molecule has 0 bridgehead atoms. The molecule has 0 unspecified atom stereocenters. The normalized spacial score (nSPS) is 14.8. The van der Waals surface area contributed by atoms with Crippen LogP contribution in [0.4, 0.5) is 5.69 Å². The number of para-hydroxylation sites is 2. The molecule has 2 heterocycles. The van der Waals surface area contributed by atoms with Crippen molar-refractivity contribution in [1.29, 1.82) is 0 Å². The number of benzene rings is 2. The van der Waals surface area contributed by atoms with Crippen LogP contribution in [0.1, 0.15) is 5.56 Å². The first-order valence-corrected chi connectivity index (χ1v) is 9.82. The fraction of sp³-hybridized carbons (Fsp3) is 0.348. The summed E-state index contributed by atoms with van der Waals surface area (Å²) in [5.41, 5.74) is 2.37. The summed E-state index contributed by atoms with van der Waals surface area (Å²) in [6, 6.07) is 12.3. The largest absolute Gasteiger partial charge is 0.495 e. The molecule has 1 aliphatic heterocycles. The number of pyridine rings is 1. The number of rotatable bonds is 6. The monoisotopic (exact) mass is 393 g/mol. The Kier molecular flexibility index (Phi) is 5.71. The van der Waals surface area contributed by atoms with Crippen LogP contribution < -0.4 is 19.1 Å². The zero-order valence-corrected chi connectivity index (χ0v) is 17.2. The number of ether oxygens (including phenoxy) is 3. The minimum atomic E-state index is 0.726. The van der Waals surface area contributed by atoms with E-state index >= 15 is 0 Å². The smallest absolute Gasteiger partial charge is 0.161 e. The summed E-state index contributed by atoms with van der Waals surface area (Å²) in [5, 5.41) is 2.22. The van der Waals surface area contributed by atoms with Gasteiger partial charge in [-0.05, 0) is 35.2 Å². The van der Waals surface area contributed by atoms with Crippen molar-refractivity contribution < 1.29 is 14.2 Å². The van der Waals surface area contributed by atoms with Crippen LogP contribution in [0.3, 0.4) is 0 Å². The van der Waals surface area contributed by atoms with E-state index in [1.807, 2.05) is 30.6 Å². The van der Waals surface area contributed by atoms with Gasteiger partial charge in [-0.2, -0.15) is 0 Å². The number of aromatic nitrogens is 1. The Labute approximate surface area is 171 Å². The van der Waals surface area contributed by atoms with Gasteiger partial charge in [0.2, 0.25) is 0 Å². The van der Waals surface area contributed by atoms with Gasteiger partial charge in [-0.15, -0.1) is 0 Å². The lowest BCUT2D eigenvalue weighted by atomic mass is 10.1. The van der Waals surface area contributed by atoms with E-state index in [2.05, 4.69) is 33.0 Å². The minimum Gasteiger partial charge on any atom is -0.495 e. The molecule has 6 heteroatoms. The molecule has 29 heavy (non-hydrogen) atoms. The highest BCUT2D eigenvalue weighted by Crippen LogP contribution is 2.34. The first kappa shape index (κ1) is 19.3. The van der Waals surface area contributed by atoms with Crippen molar-refractivity contribution in [2.45, 2.75) is 6.54 Å². The molecule has 0 saturated carbocycles. The van der Waals surface area contributed by atoms with Gasteiger partial charge < -0.3 is 19.1 Å². The molecule has 1 aliphatic rings. The molecule has 1 fully saturated rings. The summed E-state index contributed by atoms with van der Waals surface area (Å²) in [7, 11) is 5.05. The van der Waals surface area contributed by atoms with Gasteiger partial charge in [-0.1, -0.05) is 12.1 Å². The van der Waals surface area contributed by atoms with Crippen molar-refractivity contribution in [2.75, 3.05) is 52.4 Å². The van der Waals surface area contributed by atoms with Gasteiger partial charge in [0.1, 0.15) is 5.75 Å².